The summed E-state index contributed by atoms with van der Waals surface area (Å²) >= 11 is 0. The van der Waals surface area contributed by atoms with Gasteiger partial charge in [-0.25, -0.2) is 0 Å². The maximum atomic E-state index is 12.3. The van der Waals surface area contributed by atoms with Crippen LogP contribution in [0.25, 0.3) is 0 Å². The van der Waals surface area contributed by atoms with Crippen molar-refractivity contribution >= 4 is 11.6 Å². The largest absolute Gasteiger partial charge is 0.381 e. The number of aromatic nitrogens is 1. The van der Waals surface area contributed by atoms with Crippen LogP contribution >= 0.6 is 0 Å². The van der Waals surface area contributed by atoms with Crippen molar-refractivity contribution < 1.29 is 4.79 Å². The fraction of sp³-hybridized carbons (Fsp3) is 0.600. The molecular weight excluding hydrogens is 238 g/mol. The van der Waals surface area contributed by atoms with Gasteiger partial charge in [-0.3, -0.25) is 9.78 Å². The second-order valence-corrected chi connectivity index (χ2v) is 5.59. The first-order chi connectivity index (χ1) is 9.33. The Balaban J connectivity index is 1.69. The summed E-state index contributed by atoms with van der Waals surface area (Å²) in [6, 6.07) is 2.50. The normalized spacial score (nSPS) is 19.9. The maximum Gasteiger partial charge on any atom is 0.255 e. The average molecular weight is 259 g/mol. The highest BCUT2D eigenvalue weighted by atomic mass is 16.2. The third-order valence-electron chi connectivity index (χ3n) is 4.10. The summed E-state index contributed by atoms with van der Waals surface area (Å²) < 4.78 is 0. The van der Waals surface area contributed by atoms with Crippen molar-refractivity contribution in [2.75, 3.05) is 18.4 Å². The highest BCUT2D eigenvalue weighted by Gasteiger charge is 2.20. The number of carbonyl (C=O) groups is 1. The molecule has 4 heteroatoms. The van der Waals surface area contributed by atoms with Gasteiger partial charge in [-0.1, -0.05) is 12.8 Å². The van der Waals surface area contributed by atoms with E-state index >= 15 is 0 Å². The first-order valence-corrected chi connectivity index (χ1v) is 7.34. The van der Waals surface area contributed by atoms with Crippen LogP contribution in [0.5, 0.6) is 0 Å². The second-order valence-electron chi connectivity index (χ2n) is 5.59. The monoisotopic (exact) mass is 259 g/mol. The third kappa shape index (κ3) is 2.88. The number of pyridine rings is 1. The minimum Gasteiger partial charge on any atom is -0.381 e. The molecule has 1 aliphatic heterocycles. The van der Waals surface area contributed by atoms with Gasteiger partial charge >= 0.3 is 0 Å². The van der Waals surface area contributed by atoms with E-state index in [-0.39, 0.29) is 5.91 Å². The second kappa shape index (κ2) is 5.59. The number of amides is 1. The minimum absolute atomic E-state index is 0.125. The van der Waals surface area contributed by atoms with Gasteiger partial charge in [0, 0.05) is 31.5 Å². The molecule has 1 aromatic rings. The van der Waals surface area contributed by atoms with E-state index in [4.69, 9.17) is 0 Å². The fourth-order valence-corrected chi connectivity index (χ4v) is 3.04. The lowest BCUT2D eigenvalue weighted by Crippen LogP contribution is -2.27. The maximum absolute atomic E-state index is 12.3. The van der Waals surface area contributed by atoms with Gasteiger partial charge in [-0.15, -0.1) is 0 Å². The summed E-state index contributed by atoms with van der Waals surface area (Å²) in [5.74, 6) is 0.125. The Hall–Kier alpha value is -1.58. The Kier molecular flexibility index (Phi) is 3.67. The number of rotatable bonds is 3. The molecule has 0 atom stereocenters. The molecule has 1 saturated heterocycles. The molecule has 0 bridgehead atoms. The summed E-state index contributed by atoms with van der Waals surface area (Å²) in [6.07, 6.45) is 10.8. The lowest BCUT2D eigenvalue weighted by molar-refractivity contribution is 0.0792. The first kappa shape index (κ1) is 12.5. The Bertz CT molecular complexity index is 448. The van der Waals surface area contributed by atoms with Crippen LogP contribution in [0.1, 0.15) is 48.9 Å². The highest BCUT2D eigenvalue weighted by Crippen LogP contribution is 2.22. The number of nitrogens with zero attached hydrogens (tertiary/aromatic N) is 2. The topological polar surface area (TPSA) is 45.2 Å². The molecule has 3 rings (SSSR count). The van der Waals surface area contributed by atoms with Crippen molar-refractivity contribution in [3.05, 3.63) is 24.0 Å². The summed E-state index contributed by atoms with van der Waals surface area (Å²) in [5, 5.41) is 3.49. The molecule has 2 aliphatic rings. The van der Waals surface area contributed by atoms with Crippen LogP contribution in [-0.4, -0.2) is 34.9 Å². The van der Waals surface area contributed by atoms with Crippen LogP contribution in [0.4, 0.5) is 5.69 Å². The molecule has 1 N–H and O–H groups in total. The molecule has 0 unspecified atom stereocenters. The van der Waals surface area contributed by atoms with E-state index in [1.807, 2.05) is 17.2 Å². The molecule has 4 nitrogen and oxygen atoms in total. The third-order valence-corrected chi connectivity index (χ3v) is 4.10. The fourth-order valence-electron chi connectivity index (χ4n) is 3.04. The molecule has 0 aromatic carbocycles. The number of hydrogen-bond acceptors (Lipinski definition) is 3. The van der Waals surface area contributed by atoms with Gasteiger partial charge in [-0.05, 0) is 31.7 Å². The van der Waals surface area contributed by atoms with Crippen molar-refractivity contribution in [1.29, 1.82) is 0 Å². The van der Waals surface area contributed by atoms with E-state index in [9.17, 15) is 4.79 Å². The van der Waals surface area contributed by atoms with E-state index < -0.39 is 0 Å². The predicted molar refractivity (Wildman–Crippen MR) is 75.3 cm³/mol. The Morgan fingerprint density at radius 1 is 1.16 bits per heavy atom. The number of carbonyl (C=O) groups excluding carboxylic acids is 1. The lowest BCUT2D eigenvalue weighted by atomic mass is 10.2. The lowest BCUT2D eigenvalue weighted by Gasteiger charge is -2.17. The molecule has 1 aliphatic carbocycles. The zero-order valence-electron chi connectivity index (χ0n) is 11.3. The predicted octanol–water partition coefficient (Wildman–Crippen LogP) is 2.67. The molecule has 1 amide bonds. The van der Waals surface area contributed by atoms with Crippen LogP contribution in [0.2, 0.25) is 0 Å². The van der Waals surface area contributed by atoms with Gasteiger partial charge in [0.25, 0.3) is 5.91 Å². The van der Waals surface area contributed by atoms with Gasteiger partial charge in [-0.2, -0.15) is 0 Å². The molecule has 1 saturated carbocycles. The Morgan fingerprint density at radius 2 is 1.89 bits per heavy atom. The molecule has 2 fully saturated rings. The zero-order chi connectivity index (χ0) is 13.1. The van der Waals surface area contributed by atoms with Gasteiger partial charge in [0.1, 0.15) is 0 Å². The van der Waals surface area contributed by atoms with E-state index in [1.165, 1.54) is 25.7 Å². The van der Waals surface area contributed by atoms with Crippen LogP contribution in [0.15, 0.2) is 18.5 Å². The van der Waals surface area contributed by atoms with Crippen molar-refractivity contribution in [1.82, 2.24) is 9.88 Å². The summed E-state index contributed by atoms with van der Waals surface area (Å²) in [6.45, 7) is 1.78. The van der Waals surface area contributed by atoms with Crippen molar-refractivity contribution in [3.63, 3.8) is 0 Å². The number of anilines is 1. The smallest absolute Gasteiger partial charge is 0.255 e. The summed E-state index contributed by atoms with van der Waals surface area (Å²) in [7, 11) is 0. The zero-order valence-corrected chi connectivity index (χ0v) is 11.3. The van der Waals surface area contributed by atoms with Gasteiger partial charge in [0.15, 0.2) is 0 Å². The van der Waals surface area contributed by atoms with Crippen LogP contribution in [0, 0.1) is 0 Å². The molecule has 0 radical (unpaired) electrons. The van der Waals surface area contributed by atoms with E-state index in [0.29, 0.717) is 11.6 Å². The molecule has 1 aromatic heterocycles. The van der Waals surface area contributed by atoms with E-state index in [2.05, 4.69) is 10.3 Å². The number of nitrogens with one attached hydrogen (secondary N) is 1. The van der Waals surface area contributed by atoms with Crippen molar-refractivity contribution in [3.8, 4) is 0 Å². The molecule has 0 spiro atoms. The quantitative estimate of drug-likeness (QED) is 0.907. The first-order valence-electron chi connectivity index (χ1n) is 7.34. The van der Waals surface area contributed by atoms with Crippen LogP contribution in [0.3, 0.4) is 0 Å². The van der Waals surface area contributed by atoms with Crippen LogP contribution in [-0.2, 0) is 0 Å². The Labute approximate surface area is 114 Å². The standard InChI is InChI=1S/C15H21N3O/c19-15(18-7-3-4-8-18)12-9-14(11-16-10-12)17-13-5-1-2-6-13/h9-11,13,17H,1-8H2. The molecule has 19 heavy (non-hydrogen) atoms. The van der Waals surface area contributed by atoms with Gasteiger partial charge < -0.3 is 10.2 Å². The molecule has 102 valence electrons. The average Bonchev–Trinajstić information content (AvgIpc) is 3.11. The Morgan fingerprint density at radius 3 is 2.63 bits per heavy atom. The van der Waals surface area contributed by atoms with E-state index in [1.54, 1.807) is 6.20 Å². The van der Waals surface area contributed by atoms with Gasteiger partial charge in [0.05, 0.1) is 11.3 Å². The number of likely N-dealkylation sites (tertiary alicyclic amines) is 1. The van der Waals surface area contributed by atoms with Crippen LogP contribution < -0.4 is 5.32 Å². The van der Waals surface area contributed by atoms with Gasteiger partial charge in [0.2, 0.25) is 0 Å². The van der Waals surface area contributed by atoms with E-state index in [0.717, 1.165) is 31.6 Å². The minimum atomic E-state index is 0.125. The summed E-state index contributed by atoms with van der Waals surface area (Å²) in [4.78, 5) is 18.4. The highest BCUT2D eigenvalue weighted by molar-refractivity contribution is 5.94. The SMILES string of the molecule is O=C(c1cncc(NC2CCCC2)c1)N1CCCC1. The van der Waals surface area contributed by atoms with Crippen molar-refractivity contribution in [2.24, 2.45) is 0 Å². The van der Waals surface area contributed by atoms with Crippen molar-refractivity contribution in [2.45, 2.75) is 44.6 Å². The molecular formula is C15H21N3O. The molecule has 2 heterocycles. The number of hydrogen-bond donors (Lipinski definition) is 1. The summed E-state index contributed by atoms with van der Waals surface area (Å²) in [5.41, 5.74) is 1.70.